The Labute approximate surface area is 191 Å². The predicted molar refractivity (Wildman–Crippen MR) is 128 cm³/mol. The van der Waals surface area contributed by atoms with E-state index in [2.05, 4.69) is 38.2 Å². The molecule has 1 unspecified atom stereocenters. The Hall–Kier alpha value is -0.680. The van der Waals surface area contributed by atoms with E-state index < -0.39 is 12.2 Å². The minimum absolute atomic E-state index is 0.00992. The first-order chi connectivity index (χ1) is 15.2. The van der Waals surface area contributed by atoms with Crippen LogP contribution in [-0.2, 0) is 9.47 Å². The van der Waals surface area contributed by atoms with Crippen molar-refractivity contribution in [2.24, 2.45) is 11.8 Å². The minimum atomic E-state index is -0.476. The molecule has 0 aromatic heterocycles. The molecule has 1 heterocycles. The zero-order valence-electron chi connectivity index (χ0n) is 20.1. The normalized spacial score (nSPS) is 30.5. The largest absolute Gasteiger partial charge is 0.393 e. The number of ether oxygens (including phenoxy) is 2. The summed E-state index contributed by atoms with van der Waals surface area (Å²) >= 11 is 0. The highest BCUT2D eigenvalue weighted by atomic mass is 16.7. The van der Waals surface area contributed by atoms with Gasteiger partial charge in [-0.05, 0) is 44.4 Å². The number of hydrogen-bond donors (Lipinski definition) is 2. The molecule has 1 aliphatic carbocycles. The number of aliphatic hydroxyl groups excluding tert-OH is 2. The molecule has 0 bridgehead atoms. The zero-order chi connectivity index (χ0) is 22.3. The van der Waals surface area contributed by atoms with Gasteiger partial charge in [-0.2, -0.15) is 0 Å². The monoisotopic (exact) mass is 436 g/mol. The quantitative estimate of drug-likeness (QED) is 0.233. The first-order valence-electron chi connectivity index (χ1n) is 13.1. The lowest BCUT2D eigenvalue weighted by molar-refractivity contribution is -0.179. The van der Waals surface area contributed by atoms with Gasteiger partial charge in [0.05, 0.1) is 18.3 Å². The summed E-state index contributed by atoms with van der Waals surface area (Å²) in [7, 11) is 0. The van der Waals surface area contributed by atoms with E-state index in [4.69, 9.17) is 9.47 Å². The first kappa shape index (κ1) is 26.6. The Bertz CT molecular complexity index is 497. The predicted octanol–water partition coefficient (Wildman–Crippen LogP) is 6.31. The Balaban J connectivity index is 1.93. The van der Waals surface area contributed by atoms with E-state index in [1.54, 1.807) is 0 Å². The molecule has 2 rings (SSSR count). The second-order valence-corrected chi connectivity index (χ2v) is 9.52. The van der Waals surface area contributed by atoms with E-state index in [0.717, 1.165) is 51.6 Å². The van der Waals surface area contributed by atoms with E-state index >= 15 is 0 Å². The van der Waals surface area contributed by atoms with Gasteiger partial charge in [0.1, 0.15) is 0 Å². The molecule has 1 saturated carbocycles. The lowest BCUT2D eigenvalue weighted by atomic mass is 9.89. The van der Waals surface area contributed by atoms with Crippen LogP contribution in [0.1, 0.15) is 104 Å². The molecule has 0 aromatic rings. The van der Waals surface area contributed by atoms with Gasteiger partial charge < -0.3 is 19.7 Å². The summed E-state index contributed by atoms with van der Waals surface area (Å²) in [5.74, 6) is 0.0737. The van der Waals surface area contributed by atoms with Crippen molar-refractivity contribution >= 4 is 0 Å². The van der Waals surface area contributed by atoms with Gasteiger partial charge in [0.2, 0.25) is 0 Å². The minimum Gasteiger partial charge on any atom is -0.393 e. The van der Waals surface area contributed by atoms with Crippen LogP contribution in [0.25, 0.3) is 0 Å². The SMILES string of the molecule is CCCC/C=C\C[C@@H]1[C@@H](/C=C/[C@@H](CCCCCCC)OC2CCCCO2)[C@H](O)C[C@@H]1O. The van der Waals surface area contributed by atoms with Crippen LogP contribution in [0.4, 0.5) is 0 Å². The molecule has 180 valence electrons. The van der Waals surface area contributed by atoms with E-state index in [1.165, 1.54) is 38.5 Å². The van der Waals surface area contributed by atoms with Crippen LogP contribution in [0.5, 0.6) is 0 Å². The smallest absolute Gasteiger partial charge is 0.158 e. The maximum Gasteiger partial charge on any atom is 0.158 e. The molecule has 0 spiro atoms. The van der Waals surface area contributed by atoms with Crippen LogP contribution in [0, 0.1) is 11.8 Å². The van der Waals surface area contributed by atoms with Crippen LogP contribution >= 0.6 is 0 Å². The molecule has 1 saturated heterocycles. The van der Waals surface area contributed by atoms with Gasteiger partial charge in [-0.1, -0.05) is 83.1 Å². The summed E-state index contributed by atoms with van der Waals surface area (Å²) < 4.78 is 12.1. The maximum absolute atomic E-state index is 10.6. The Kier molecular flexibility index (Phi) is 13.7. The van der Waals surface area contributed by atoms with Crippen molar-refractivity contribution in [2.75, 3.05) is 6.61 Å². The number of aliphatic hydroxyl groups is 2. The number of rotatable bonds is 15. The fourth-order valence-corrected chi connectivity index (χ4v) is 4.82. The average molecular weight is 437 g/mol. The zero-order valence-corrected chi connectivity index (χ0v) is 20.1. The number of unbranched alkanes of at least 4 members (excludes halogenated alkanes) is 6. The van der Waals surface area contributed by atoms with Crippen LogP contribution < -0.4 is 0 Å². The van der Waals surface area contributed by atoms with Crippen LogP contribution in [0.2, 0.25) is 0 Å². The van der Waals surface area contributed by atoms with Crippen LogP contribution in [0.3, 0.4) is 0 Å². The van der Waals surface area contributed by atoms with Gasteiger partial charge in [-0.25, -0.2) is 0 Å². The number of allylic oxidation sites excluding steroid dienone is 2. The second-order valence-electron chi connectivity index (χ2n) is 9.52. The summed E-state index contributed by atoms with van der Waals surface area (Å²) in [5.41, 5.74) is 0. The fraction of sp³-hybridized carbons (Fsp3) is 0.852. The van der Waals surface area contributed by atoms with Gasteiger partial charge in [-0.3, -0.25) is 0 Å². The molecular weight excluding hydrogens is 388 g/mol. The van der Waals surface area contributed by atoms with E-state index in [-0.39, 0.29) is 24.2 Å². The van der Waals surface area contributed by atoms with Gasteiger partial charge in [-0.15, -0.1) is 0 Å². The highest BCUT2D eigenvalue weighted by molar-refractivity contribution is 5.06. The summed E-state index contributed by atoms with van der Waals surface area (Å²) in [4.78, 5) is 0. The Morgan fingerprint density at radius 1 is 0.968 bits per heavy atom. The molecule has 2 fully saturated rings. The van der Waals surface area contributed by atoms with Crippen molar-refractivity contribution in [1.29, 1.82) is 0 Å². The molecule has 0 amide bonds. The van der Waals surface area contributed by atoms with Gasteiger partial charge >= 0.3 is 0 Å². The van der Waals surface area contributed by atoms with Gasteiger partial charge in [0.15, 0.2) is 6.29 Å². The molecule has 4 heteroatoms. The van der Waals surface area contributed by atoms with Crippen LogP contribution in [-0.4, -0.2) is 41.4 Å². The summed E-state index contributed by atoms with van der Waals surface area (Å²) in [5, 5.41) is 21.1. The molecule has 1 aliphatic heterocycles. The Morgan fingerprint density at radius 2 is 1.77 bits per heavy atom. The van der Waals surface area contributed by atoms with E-state index in [1.807, 2.05) is 0 Å². The summed E-state index contributed by atoms with van der Waals surface area (Å²) in [6.45, 7) is 5.23. The van der Waals surface area contributed by atoms with Gasteiger partial charge in [0.25, 0.3) is 0 Å². The summed E-state index contributed by atoms with van der Waals surface area (Å²) in [6.07, 6.45) is 23.0. The second kappa shape index (κ2) is 16.0. The lowest BCUT2D eigenvalue weighted by Gasteiger charge is -2.27. The molecule has 0 radical (unpaired) electrons. The molecule has 2 aliphatic rings. The van der Waals surface area contributed by atoms with Gasteiger partial charge in [0, 0.05) is 18.9 Å². The third-order valence-electron chi connectivity index (χ3n) is 6.82. The van der Waals surface area contributed by atoms with E-state index in [0.29, 0.717) is 6.42 Å². The average Bonchev–Trinajstić information content (AvgIpc) is 3.04. The van der Waals surface area contributed by atoms with Crippen molar-refractivity contribution in [2.45, 2.75) is 128 Å². The topological polar surface area (TPSA) is 58.9 Å². The van der Waals surface area contributed by atoms with Crippen molar-refractivity contribution < 1.29 is 19.7 Å². The highest BCUT2D eigenvalue weighted by Crippen LogP contribution is 2.36. The van der Waals surface area contributed by atoms with Crippen molar-refractivity contribution in [3.05, 3.63) is 24.3 Å². The third-order valence-corrected chi connectivity index (χ3v) is 6.82. The third kappa shape index (κ3) is 10.2. The molecule has 4 nitrogen and oxygen atoms in total. The fourth-order valence-electron chi connectivity index (χ4n) is 4.82. The summed E-state index contributed by atoms with van der Waals surface area (Å²) in [6, 6.07) is 0. The van der Waals surface area contributed by atoms with Crippen molar-refractivity contribution in [3.8, 4) is 0 Å². The number of hydrogen-bond acceptors (Lipinski definition) is 4. The lowest BCUT2D eigenvalue weighted by Crippen LogP contribution is -2.27. The standard InChI is InChI=1S/C27H48O4/c1-3-5-7-9-11-15-22(31-27-17-13-14-20-30-27)18-19-24-23(25(28)21-26(24)29)16-12-10-8-6-4-2/h10,12,18-19,22-29H,3-9,11,13-17,20-21H2,1-2H3/b12-10-,19-18+/t22-,23-,24-,25+,26-,27?/m1/s1. The molecule has 2 N–H and O–H groups in total. The molecule has 0 aromatic carbocycles. The first-order valence-corrected chi connectivity index (χ1v) is 13.1. The van der Waals surface area contributed by atoms with E-state index in [9.17, 15) is 10.2 Å². The van der Waals surface area contributed by atoms with Crippen molar-refractivity contribution in [3.63, 3.8) is 0 Å². The molecule has 31 heavy (non-hydrogen) atoms. The van der Waals surface area contributed by atoms with Crippen molar-refractivity contribution in [1.82, 2.24) is 0 Å². The highest BCUT2D eigenvalue weighted by Gasteiger charge is 2.39. The molecular formula is C27H48O4. The maximum atomic E-state index is 10.6. The molecule has 6 atom stereocenters. The van der Waals surface area contributed by atoms with Crippen LogP contribution in [0.15, 0.2) is 24.3 Å². The Morgan fingerprint density at radius 3 is 2.52 bits per heavy atom.